The lowest BCUT2D eigenvalue weighted by Gasteiger charge is -2.27. The van der Waals surface area contributed by atoms with E-state index in [4.69, 9.17) is 0 Å². The first-order valence-electron chi connectivity index (χ1n) is 11.3. The van der Waals surface area contributed by atoms with Crippen LogP contribution in [0.3, 0.4) is 0 Å². The van der Waals surface area contributed by atoms with Gasteiger partial charge in [0.05, 0.1) is 6.54 Å². The van der Waals surface area contributed by atoms with Crippen molar-refractivity contribution in [1.29, 1.82) is 0 Å². The molecule has 0 aliphatic rings. The summed E-state index contributed by atoms with van der Waals surface area (Å²) in [4.78, 5) is 39.8. The van der Waals surface area contributed by atoms with E-state index in [2.05, 4.69) is 31.4 Å². The average molecular weight is 452 g/mol. The van der Waals surface area contributed by atoms with E-state index in [-0.39, 0.29) is 35.6 Å². The first-order chi connectivity index (χ1) is 15.3. The Labute approximate surface area is 197 Å². The molecular weight excluding hydrogens is 414 g/mol. The Morgan fingerprint density at radius 1 is 0.970 bits per heavy atom. The predicted molar refractivity (Wildman–Crippen MR) is 133 cm³/mol. The van der Waals surface area contributed by atoms with Crippen molar-refractivity contribution in [3.63, 3.8) is 0 Å². The van der Waals surface area contributed by atoms with Crippen LogP contribution in [0.5, 0.6) is 0 Å². The molecule has 0 bridgehead atoms. The van der Waals surface area contributed by atoms with Crippen LogP contribution in [0.2, 0.25) is 0 Å². The van der Waals surface area contributed by atoms with Gasteiger partial charge in [0.15, 0.2) is 0 Å². The van der Waals surface area contributed by atoms with Crippen LogP contribution >= 0.6 is 0 Å². The van der Waals surface area contributed by atoms with Gasteiger partial charge in [-0.05, 0) is 60.1 Å². The van der Waals surface area contributed by atoms with Gasteiger partial charge in [-0.2, -0.15) is 0 Å². The van der Waals surface area contributed by atoms with Gasteiger partial charge in [-0.3, -0.25) is 14.4 Å². The maximum atomic E-state index is 13.1. The number of rotatable bonds is 7. The Morgan fingerprint density at radius 2 is 1.58 bits per heavy atom. The highest BCUT2D eigenvalue weighted by molar-refractivity contribution is 5.99. The van der Waals surface area contributed by atoms with E-state index < -0.39 is 6.04 Å². The van der Waals surface area contributed by atoms with Crippen LogP contribution in [0.1, 0.15) is 61.7 Å². The number of benzene rings is 2. The van der Waals surface area contributed by atoms with E-state index in [0.717, 1.165) is 22.4 Å². The number of hydrogen-bond acceptors (Lipinski definition) is 3. The summed E-state index contributed by atoms with van der Waals surface area (Å²) in [6.45, 7) is 13.8. The second-order valence-electron chi connectivity index (χ2n) is 10.1. The fraction of sp³-hybridized carbons (Fsp3) is 0.444. The SMILES string of the molecule is Cc1ccc(C)c(NC(=O)CN(C)C(=O)[C@H](NC(=O)c2ccc(C(C)(C)C)cc2)C(C)C)c1. The number of hydrogen-bond donors (Lipinski definition) is 2. The van der Waals surface area contributed by atoms with Gasteiger partial charge in [-0.25, -0.2) is 0 Å². The van der Waals surface area contributed by atoms with Crippen molar-refractivity contribution in [1.82, 2.24) is 10.2 Å². The second kappa shape index (κ2) is 10.6. The average Bonchev–Trinajstić information content (AvgIpc) is 2.73. The van der Waals surface area contributed by atoms with Crippen molar-refractivity contribution in [2.24, 2.45) is 5.92 Å². The molecule has 2 N–H and O–H groups in total. The molecule has 2 rings (SSSR count). The monoisotopic (exact) mass is 451 g/mol. The lowest BCUT2D eigenvalue weighted by Crippen LogP contribution is -2.51. The molecule has 6 nitrogen and oxygen atoms in total. The zero-order valence-corrected chi connectivity index (χ0v) is 21.1. The summed E-state index contributed by atoms with van der Waals surface area (Å²) < 4.78 is 0. The molecule has 3 amide bonds. The number of carbonyl (C=O) groups is 3. The molecule has 33 heavy (non-hydrogen) atoms. The molecule has 178 valence electrons. The third kappa shape index (κ3) is 7.17. The minimum absolute atomic E-state index is 0.00822. The van der Waals surface area contributed by atoms with Gasteiger partial charge in [0, 0.05) is 18.3 Å². The predicted octanol–water partition coefficient (Wildman–Crippen LogP) is 4.45. The molecule has 0 radical (unpaired) electrons. The van der Waals surface area contributed by atoms with Crippen molar-refractivity contribution in [3.05, 3.63) is 64.7 Å². The van der Waals surface area contributed by atoms with Crippen LogP contribution in [0.25, 0.3) is 0 Å². The fourth-order valence-electron chi connectivity index (χ4n) is 3.45. The summed E-state index contributed by atoms with van der Waals surface area (Å²) in [5.41, 5.74) is 4.34. The Hall–Kier alpha value is -3.15. The zero-order valence-electron chi connectivity index (χ0n) is 21.1. The largest absolute Gasteiger partial charge is 0.340 e. The second-order valence-corrected chi connectivity index (χ2v) is 10.1. The molecular formula is C27H37N3O3. The van der Waals surface area contributed by atoms with E-state index in [1.807, 2.05) is 58.0 Å². The number of likely N-dealkylation sites (N-methyl/N-ethyl adjacent to an activating group) is 1. The number of nitrogens with one attached hydrogen (secondary N) is 2. The summed E-state index contributed by atoms with van der Waals surface area (Å²) in [6.07, 6.45) is 0. The Bertz CT molecular complexity index is 1000. The number of nitrogens with zero attached hydrogens (tertiary/aromatic N) is 1. The molecule has 6 heteroatoms. The van der Waals surface area contributed by atoms with E-state index in [1.54, 1.807) is 19.2 Å². The molecule has 1 atom stereocenters. The van der Waals surface area contributed by atoms with Crippen molar-refractivity contribution in [2.75, 3.05) is 18.9 Å². The molecule has 0 fully saturated rings. The zero-order chi connectivity index (χ0) is 24.9. The number of amides is 3. The van der Waals surface area contributed by atoms with Gasteiger partial charge < -0.3 is 15.5 Å². The van der Waals surface area contributed by atoms with Gasteiger partial charge in [-0.1, -0.05) is 58.9 Å². The molecule has 0 aromatic heterocycles. The normalized spacial score (nSPS) is 12.3. The fourth-order valence-corrected chi connectivity index (χ4v) is 3.45. The van der Waals surface area contributed by atoms with Crippen molar-refractivity contribution in [2.45, 2.75) is 59.9 Å². The van der Waals surface area contributed by atoms with Gasteiger partial charge in [0.25, 0.3) is 5.91 Å². The molecule has 0 unspecified atom stereocenters. The van der Waals surface area contributed by atoms with Crippen LogP contribution in [-0.2, 0) is 15.0 Å². The lowest BCUT2D eigenvalue weighted by molar-refractivity contribution is -0.135. The number of carbonyl (C=O) groups excluding carboxylic acids is 3. The van der Waals surface area contributed by atoms with Crippen molar-refractivity contribution < 1.29 is 14.4 Å². The van der Waals surface area contributed by atoms with Crippen LogP contribution in [-0.4, -0.2) is 42.3 Å². The molecule has 0 heterocycles. The van der Waals surface area contributed by atoms with E-state index in [0.29, 0.717) is 5.56 Å². The van der Waals surface area contributed by atoms with E-state index >= 15 is 0 Å². The van der Waals surface area contributed by atoms with Crippen LogP contribution in [0, 0.1) is 19.8 Å². The molecule has 0 saturated carbocycles. The van der Waals surface area contributed by atoms with Crippen molar-refractivity contribution in [3.8, 4) is 0 Å². The lowest BCUT2D eigenvalue weighted by atomic mass is 9.86. The minimum atomic E-state index is -0.738. The topological polar surface area (TPSA) is 78.5 Å². The Morgan fingerprint density at radius 3 is 2.12 bits per heavy atom. The Balaban J connectivity index is 2.05. The minimum Gasteiger partial charge on any atom is -0.340 e. The molecule has 2 aromatic rings. The summed E-state index contributed by atoms with van der Waals surface area (Å²) in [5.74, 6) is -1.04. The van der Waals surface area contributed by atoms with Gasteiger partial charge in [0.1, 0.15) is 6.04 Å². The Kier molecular flexibility index (Phi) is 8.42. The summed E-state index contributed by atoms with van der Waals surface area (Å²) in [7, 11) is 1.57. The standard InChI is InChI=1S/C27H37N3O3/c1-17(2)24(29-25(32)20-11-13-21(14-12-20)27(5,6)7)26(33)30(8)16-23(31)28-22-15-18(3)9-10-19(22)4/h9-15,17,24H,16H2,1-8H3,(H,28,31)(H,29,32)/t24-/m1/s1. The number of aryl methyl sites for hydroxylation is 2. The van der Waals surface area contributed by atoms with Crippen LogP contribution < -0.4 is 10.6 Å². The molecule has 0 aliphatic heterocycles. The smallest absolute Gasteiger partial charge is 0.251 e. The van der Waals surface area contributed by atoms with Crippen LogP contribution in [0.4, 0.5) is 5.69 Å². The summed E-state index contributed by atoms with van der Waals surface area (Å²) in [5, 5.41) is 5.72. The van der Waals surface area contributed by atoms with Gasteiger partial charge >= 0.3 is 0 Å². The highest BCUT2D eigenvalue weighted by Crippen LogP contribution is 2.22. The van der Waals surface area contributed by atoms with E-state index in [9.17, 15) is 14.4 Å². The third-order valence-electron chi connectivity index (χ3n) is 5.66. The van der Waals surface area contributed by atoms with Gasteiger partial charge in [0.2, 0.25) is 11.8 Å². The third-order valence-corrected chi connectivity index (χ3v) is 5.66. The summed E-state index contributed by atoms with van der Waals surface area (Å²) >= 11 is 0. The van der Waals surface area contributed by atoms with Crippen molar-refractivity contribution >= 4 is 23.4 Å². The maximum absolute atomic E-state index is 13.1. The van der Waals surface area contributed by atoms with Crippen LogP contribution in [0.15, 0.2) is 42.5 Å². The number of anilines is 1. The first-order valence-corrected chi connectivity index (χ1v) is 11.3. The maximum Gasteiger partial charge on any atom is 0.251 e. The molecule has 0 spiro atoms. The first kappa shape index (κ1) is 26.1. The van der Waals surface area contributed by atoms with E-state index in [1.165, 1.54) is 4.90 Å². The molecule has 2 aromatic carbocycles. The quantitative estimate of drug-likeness (QED) is 0.653. The molecule has 0 aliphatic carbocycles. The van der Waals surface area contributed by atoms with Gasteiger partial charge in [-0.15, -0.1) is 0 Å². The molecule has 0 saturated heterocycles. The highest BCUT2D eigenvalue weighted by atomic mass is 16.2. The summed E-state index contributed by atoms with van der Waals surface area (Å²) in [6, 6.07) is 12.5. The highest BCUT2D eigenvalue weighted by Gasteiger charge is 2.28.